The molecule has 1 aromatic carbocycles. The first-order valence-electron chi connectivity index (χ1n) is 3.17. The summed E-state index contributed by atoms with van der Waals surface area (Å²) in [5, 5.41) is 0. The monoisotopic (exact) mass is 291 g/mol. The molecule has 1 radical (unpaired) electrons. The van der Waals surface area contributed by atoms with Crippen LogP contribution in [0.4, 0.5) is 0 Å². The Balaban J connectivity index is 0.000000810. The average Bonchev–Trinajstić information content (AvgIpc) is 1.91. The van der Waals surface area contributed by atoms with E-state index in [4.69, 9.17) is 0 Å². The standard InChI is InChI=1S/C8H11P.Eu/c9-7-6-8-4-2-1-3-5-8;/h1-5H,6-7,9H2;. The zero-order chi connectivity index (χ0) is 6.53. The molecule has 55 valence electrons. The minimum Gasteiger partial charge on any atom is -0.137 e. The summed E-state index contributed by atoms with van der Waals surface area (Å²) in [4.78, 5) is 0. The molecule has 0 aliphatic carbocycles. The van der Waals surface area contributed by atoms with Gasteiger partial charge in [-0.05, 0) is 18.1 Å². The molecule has 0 aromatic heterocycles. The van der Waals surface area contributed by atoms with Crippen LogP contribution < -0.4 is 0 Å². The Hall–Kier alpha value is 1.23. The van der Waals surface area contributed by atoms with Crippen molar-refractivity contribution in [3.63, 3.8) is 0 Å². The maximum atomic E-state index is 2.73. The SMILES string of the molecule is PCCc1ccccc1.[Eu]. The van der Waals surface area contributed by atoms with Crippen molar-refractivity contribution >= 4 is 9.24 Å². The van der Waals surface area contributed by atoms with E-state index in [0.29, 0.717) is 0 Å². The number of hydrogen-bond acceptors (Lipinski definition) is 0. The largest absolute Gasteiger partial charge is 0.137 e. The third-order valence-corrected chi connectivity index (χ3v) is 1.56. The van der Waals surface area contributed by atoms with Crippen LogP contribution in [0, 0.1) is 49.4 Å². The Kier molecular flexibility index (Phi) is 7.77. The first-order chi connectivity index (χ1) is 4.43. The van der Waals surface area contributed by atoms with Gasteiger partial charge < -0.3 is 0 Å². The Morgan fingerprint density at radius 2 is 1.70 bits per heavy atom. The molecule has 10 heavy (non-hydrogen) atoms. The van der Waals surface area contributed by atoms with Gasteiger partial charge in [0.2, 0.25) is 0 Å². The molecule has 1 rings (SSSR count). The van der Waals surface area contributed by atoms with E-state index in [0.717, 1.165) is 6.16 Å². The van der Waals surface area contributed by atoms with Crippen LogP contribution in [-0.2, 0) is 6.42 Å². The van der Waals surface area contributed by atoms with Crippen molar-refractivity contribution in [2.75, 3.05) is 6.16 Å². The fourth-order valence-electron chi connectivity index (χ4n) is 0.811. The molecule has 2 heteroatoms. The van der Waals surface area contributed by atoms with Crippen LogP contribution in [0.3, 0.4) is 0 Å². The van der Waals surface area contributed by atoms with Gasteiger partial charge in [0, 0.05) is 49.4 Å². The summed E-state index contributed by atoms with van der Waals surface area (Å²) >= 11 is 0. The van der Waals surface area contributed by atoms with Gasteiger partial charge in [-0.15, -0.1) is 9.24 Å². The molecule has 0 aliphatic rings. The third kappa shape index (κ3) is 4.18. The van der Waals surface area contributed by atoms with E-state index in [2.05, 4.69) is 33.5 Å². The van der Waals surface area contributed by atoms with Gasteiger partial charge in [0.05, 0.1) is 0 Å². The van der Waals surface area contributed by atoms with Crippen LogP contribution in [0.2, 0.25) is 0 Å². The zero-order valence-corrected chi connectivity index (χ0v) is 9.34. The average molecular weight is 290 g/mol. The number of benzene rings is 1. The second-order valence-electron chi connectivity index (χ2n) is 2.02. The molecule has 0 nitrogen and oxygen atoms in total. The van der Waals surface area contributed by atoms with Crippen LogP contribution in [0.15, 0.2) is 30.3 Å². The van der Waals surface area contributed by atoms with Gasteiger partial charge in [0.25, 0.3) is 0 Å². The molecule has 0 amide bonds. The van der Waals surface area contributed by atoms with Gasteiger partial charge in [0.1, 0.15) is 0 Å². The molecule has 0 saturated heterocycles. The predicted molar refractivity (Wildman–Crippen MR) is 44.7 cm³/mol. The van der Waals surface area contributed by atoms with E-state index in [-0.39, 0.29) is 49.4 Å². The van der Waals surface area contributed by atoms with Crippen molar-refractivity contribution in [3.8, 4) is 0 Å². The summed E-state index contributed by atoms with van der Waals surface area (Å²) in [5.41, 5.74) is 1.42. The fraction of sp³-hybridized carbons (Fsp3) is 0.250. The van der Waals surface area contributed by atoms with Gasteiger partial charge in [-0.2, -0.15) is 0 Å². The van der Waals surface area contributed by atoms with E-state index in [1.54, 1.807) is 0 Å². The first kappa shape index (κ1) is 11.2. The summed E-state index contributed by atoms with van der Waals surface area (Å²) in [6.07, 6.45) is 2.33. The molecule has 1 aromatic rings. The molecule has 0 fully saturated rings. The molecule has 1 atom stereocenters. The van der Waals surface area contributed by atoms with Gasteiger partial charge in [-0.1, -0.05) is 30.3 Å². The summed E-state index contributed by atoms with van der Waals surface area (Å²) < 4.78 is 0. The Morgan fingerprint density at radius 1 is 1.10 bits per heavy atom. The van der Waals surface area contributed by atoms with Crippen LogP contribution in [0.5, 0.6) is 0 Å². The number of rotatable bonds is 2. The second kappa shape index (κ2) is 6.91. The van der Waals surface area contributed by atoms with Crippen molar-refractivity contribution in [1.82, 2.24) is 0 Å². The van der Waals surface area contributed by atoms with Crippen LogP contribution >= 0.6 is 9.24 Å². The summed E-state index contributed by atoms with van der Waals surface area (Å²) in [6.45, 7) is 0. The third-order valence-electron chi connectivity index (χ3n) is 1.28. The van der Waals surface area contributed by atoms with Crippen molar-refractivity contribution in [2.45, 2.75) is 6.42 Å². The van der Waals surface area contributed by atoms with E-state index < -0.39 is 0 Å². The normalized spacial score (nSPS) is 8.50. The molecule has 0 saturated carbocycles. The molecular weight excluding hydrogens is 279 g/mol. The van der Waals surface area contributed by atoms with Gasteiger partial charge in [-0.3, -0.25) is 0 Å². The van der Waals surface area contributed by atoms with E-state index in [9.17, 15) is 0 Å². The van der Waals surface area contributed by atoms with Crippen molar-refractivity contribution in [3.05, 3.63) is 35.9 Å². The predicted octanol–water partition coefficient (Wildman–Crippen LogP) is 2.10. The molecule has 0 bridgehead atoms. The quantitative estimate of drug-likeness (QED) is 0.732. The van der Waals surface area contributed by atoms with Crippen molar-refractivity contribution in [2.24, 2.45) is 0 Å². The van der Waals surface area contributed by atoms with Crippen LogP contribution in [0.1, 0.15) is 5.56 Å². The molecule has 0 spiro atoms. The van der Waals surface area contributed by atoms with Crippen molar-refractivity contribution < 1.29 is 49.4 Å². The Morgan fingerprint density at radius 3 is 2.20 bits per heavy atom. The van der Waals surface area contributed by atoms with Gasteiger partial charge >= 0.3 is 0 Å². The maximum Gasteiger partial charge on any atom is 0 e. The fourth-order valence-corrected chi connectivity index (χ4v) is 1.14. The summed E-state index contributed by atoms with van der Waals surface area (Å²) in [6, 6.07) is 10.5. The van der Waals surface area contributed by atoms with E-state index >= 15 is 0 Å². The second-order valence-corrected chi connectivity index (χ2v) is 2.60. The van der Waals surface area contributed by atoms with Gasteiger partial charge in [0.15, 0.2) is 0 Å². The van der Waals surface area contributed by atoms with Crippen molar-refractivity contribution in [1.29, 1.82) is 0 Å². The number of hydrogen-bond donors (Lipinski definition) is 0. The Bertz CT molecular complexity index is 162. The molecule has 0 heterocycles. The Labute approximate surface area is 106 Å². The molecular formula is C8H11EuP. The van der Waals surface area contributed by atoms with E-state index in [1.165, 1.54) is 12.0 Å². The van der Waals surface area contributed by atoms with E-state index in [1.807, 2.05) is 6.07 Å². The maximum absolute atomic E-state index is 2.73. The molecule has 1 unspecified atom stereocenters. The van der Waals surface area contributed by atoms with Crippen LogP contribution in [-0.4, -0.2) is 6.16 Å². The first-order valence-corrected chi connectivity index (χ1v) is 3.99. The summed E-state index contributed by atoms with van der Waals surface area (Å²) in [5.74, 6) is 0. The van der Waals surface area contributed by atoms with Crippen LogP contribution in [0.25, 0.3) is 0 Å². The topological polar surface area (TPSA) is 0 Å². The summed E-state index contributed by atoms with van der Waals surface area (Å²) in [7, 11) is 2.73. The van der Waals surface area contributed by atoms with Gasteiger partial charge in [-0.25, -0.2) is 0 Å². The number of aryl methyl sites for hydroxylation is 1. The molecule has 0 N–H and O–H groups in total. The molecule has 0 aliphatic heterocycles. The smallest absolute Gasteiger partial charge is 0 e. The minimum atomic E-state index is 0. The zero-order valence-electron chi connectivity index (χ0n) is 5.76. The minimum absolute atomic E-state index is 0.